The molecule has 0 bridgehead atoms. The molecule has 3 N–H and O–H groups in total. The molecular weight excluding hydrogens is 336 g/mol. The van der Waals surface area contributed by atoms with Crippen LogP contribution in [-0.2, 0) is 23.9 Å². The van der Waals surface area contributed by atoms with E-state index in [2.05, 4.69) is 5.32 Å². The van der Waals surface area contributed by atoms with Gasteiger partial charge < -0.3 is 11.1 Å². The van der Waals surface area contributed by atoms with Gasteiger partial charge in [-0.15, -0.1) is 0 Å². The van der Waals surface area contributed by atoms with Crippen LogP contribution in [0.25, 0.3) is 0 Å². The molecule has 0 aliphatic heterocycles. The molecular formula is C18H18F4N2O. The highest BCUT2D eigenvalue weighted by Crippen LogP contribution is 2.32. The van der Waals surface area contributed by atoms with E-state index in [9.17, 15) is 22.4 Å². The second-order valence-electron chi connectivity index (χ2n) is 5.81. The minimum atomic E-state index is -4.54. The SMILES string of the molecule is CC(Cc1ccccc1F)C(=O)Nc1cc(CN)cc(C(F)(F)F)c1. The number of alkyl halides is 3. The van der Waals surface area contributed by atoms with Gasteiger partial charge >= 0.3 is 6.18 Å². The van der Waals surface area contributed by atoms with Gasteiger partial charge in [0.25, 0.3) is 0 Å². The molecule has 1 unspecified atom stereocenters. The van der Waals surface area contributed by atoms with Crippen molar-refractivity contribution in [3.05, 3.63) is 65.0 Å². The van der Waals surface area contributed by atoms with Gasteiger partial charge in [-0.3, -0.25) is 4.79 Å². The van der Waals surface area contributed by atoms with E-state index >= 15 is 0 Å². The first-order valence-corrected chi connectivity index (χ1v) is 7.66. The predicted octanol–water partition coefficient (Wildman–Crippen LogP) is 4.12. The van der Waals surface area contributed by atoms with E-state index in [-0.39, 0.29) is 24.2 Å². The van der Waals surface area contributed by atoms with Crippen molar-refractivity contribution in [1.29, 1.82) is 0 Å². The zero-order valence-corrected chi connectivity index (χ0v) is 13.5. The highest BCUT2D eigenvalue weighted by Gasteiger charge is 2.31. The van der Waals surface area contributed by atoms with E-state index in [0.717, 1.165) is 12.1 Å². The summed E-state index contributed by atoms with van der Waals surface area (Å²) in [4.78, 5) is 12.2. The molecule has 7 heteroatoms. The molecule has 2 aromatic rings. The van der Waals surface area contributed by atoms with E-state index in [1.807, 2.05) is 0 Å². The van der Waals surface area contributed by atoms with E-state index < -0.39 is 29.4 Å². The number of anilines is 1. The van der Waals surface area contributed by atoms with Crippen LogP contribution >= 0.6 is 0 Å². The minimum absolute atomic E-state index is 0.0145. The molecule has 1 amide bonds. The van der Waals surface area contributed by atoms with E-state index in [1.54, 1.807) is 25.1 Å². The maximum absolute atomic E-state index is 13.7. The smallest absolute Gasteiger partial charge is 0.326 e. The first-order chi connectivity index (χ1) is 11.7. The number of hydrogen-bond donors (Lipinski definition) is 2. The molecule has 0 saturated heterocycles. The highest BCUT2D eigenvalue weighted by molar-refractivity contribution is 5.92. The molecule has 0 aromatic heterocycles. The standard InChI is InChI=1S/C18H18F4N2O/c1-11(6-13-4-2-3-5-16(13)19)17(25)24-15-8-12(10-23)7-14(9-15)18(20,21)22/h2-5,7-9,11H,6,10,23H2,1H3,(H,24,25). The van der Waals surface area contributed by atoms with Gasteiger partial charge in [-0.25, -0.2) is 4.39 Å². The third kappa shape index (κ3) is 5.03. The van der Waals surface area contributed by atoms with Crippen LogP contribution in [0, 0.1) is 11.7 Å². The number of benzene rings is 2. The maximum Gasteiger partial charge on any atom is 0.416 e. The molecule has 25 heavy (non-hydrogen) atoms. The Labute approximate surface area is 142 Å². The van der Waals surface area contributed by atoms with Crippen LogP contribution in [-0.4, -0.2) is 5.91 Å². The molecule has 3 nitrogen and oxygen atoms in total. The van der Waals surface area contributed by atoms with E-state index in [1.165, 1.54) is 12.1 Å². The van der Waals surface area contributed by atoms with Crippen LogP contribution in [0.15, 0.2) is 42.5 Å². The lowest BCUT2D eigenvalue weighted by Gasteiger charge is -2.15. The Morgan fingerprint density at radius 3 is 2.48 bits per heavy atom. The van der Waals surface area contributed by atoms with Gasteiger partial charge in [0.05, 0.1) is 5.56 Å². The van der Waals surface area contributed by atoms with Crippen molar-refractivity contribution >= 4 is 11.6 Å². The van der Waals surface area contributed by atoms with Crippen molar-refractivity contribution in [3.8, 4) is 0 Å². The highest BCUT2D eigenvalue weighted by atomic mass is 19.4. The van der Waals surface area contributed by atoms with Crippen molar-refractivity contribution in [2.45, 2.75) is 26.1 Å². The van der Waals surface area contributed by atoms with Crippen molar-refractivity contribution in [1.82, 2.24) is 0 Å². The lowest BCUT2D eigenvalue weighted by Crippen LogP contribution is -2.23. The van der Waals surface area contributed by atoms with E-state index in [0.29, 0.717) is 5.56 Å². The predicted molar refractivity (Wildman–Crippen MR) is 87.2 cm³/mol. The minimum Gasteiger partial charge on any atom is -0.326 e. The average molecular weight is 354 g/mol. The first-order valence-electron chi connectivity index (χ1n) is 7.66. The molecule has 0 aliphatic rings. The molecule has 134 valence electrons. The van der Waals surface area contributed by atoms with Crippen LogP contribution < -0.4 is 11.1 Å². The zero-order chi connectivity index (χ0) is 18.6. The maximum atomic E-state index is 13.7. The van der Waals surface area contributed by atoms with Crippen molar-refractivity contribution in [2.24, 2.45) is 11.7 Å². The zero-order valence-electron chi connectivity index (χ0n) is 13.5. The molecule has 0 aliphatic carbocycles. The van der Waals surface area contributed by atoms with Crippen LogP contribution in [0.5, 0.6) is 0 Å². The Morgan fingerprint density at radius 2 is 1.88 bits per heavy atom. The van der Waals surface area contributed by atoms with Crippen molar-refractivity contribution < 1.29 is 22.4 Å². The monoisotopic (exact) mass is 354 g/mol. The molecule has 0 heterocycles. The molecule has 0 saturated carbocycles. The number of hydrogen-bond acceptors (Lipinski definition) is 2. The van der Waals surface area contributed by atoms with Gasteiger partial charge in [-0.05, 0) is 41.8 Å². The molecule has 0 fully saturated rings. The number of carbonyl (C=O) groups excluding carboxylic acids is 1. The Hall–Kier alpha value is -2.41. The Kier molecular flexibility index (Phi) is 5.79. The lowest BCUT2D eigenvalue weighted by molar-refractivity contribution is -0.137. The van der Waals surface area contributed by atoms with Crippen LogP contribution in [0.3, 0.4) is 0 Å². The topological polar surface area (TPSA) is 55.1 Å². The molecule has 2 rings (SSSR count). The summed E-state index contributed by atoms with van der Waals surface area (Å²) in [5, 5.41) is 2.45. The fourth-order valence-electron chi connectivity index (χ4n) is 2.40. The largest absolute Gasteiger partial charge is 0.416 e. The molecule has 0 spiro atoms. The Bertz CT molecular complexity index is 759. The third-order valence-corrected chi connectivity index (χ3v) is 3.75. The van der Waals surface area contributed by atoms with Crippen molar-refractivity contribution in [3.63, 3.8) is 0 Å². The Morgan fingerprint density at radius 1 is 1.20 bits per heavy atom. The summed E-state index contributed by atoms with van der Waals surface area (Å²) in [5.74, 6) is -1.54. The number of carbonyl (C=O) groups is 1. The number of nitrogens with one attached hydrogen (secondary N) is 1. The van der Waals surface area contributed by atoms with E-state index in [4.69, 9.17) is 5.73 Å². The molecule has 1 atom stereocenters. The van der Waals surface area contributed by atoms with Gasteiger partial charge in [-0.1, -0.05) is 25.1 Å². The summed E-state index contributed by atoms with van der Waals surface area (Å²) in [6.07, 6.45) is -4.40. The van der Waals surface area contributed by atoms with Crippen LogP contribution in [0.4, 0.5) is 23.2 Å². The lowest BCUT2D eigenvalue weighted by atomic mass is 9.99. The van der Waals surface area contributed by atoms with Gasteiger partial charge in [0.2, 0.25) is 5.91 Å². The fraction of sp³-hybridized carbons (Fsp3) is 0.278. The summed E-state index contributed by atoms with van der Waals surface area (Å²) in [6.45, 7) is 1.50. The second-order valence-corrected chi connectivity index (χ2v) is 5.81. The first kappa shape index (κ1) is 18.9. The van der Waals surface area contributed by atoms with Gasteiger partial charge in [0.15, 0.2) is 0 Å². The van der Waals surface area contributed by atoms with Gasteiger partial charge in [0, 0.05) is 18.2 Å². The summed E-state index contributed by atoms with van der Waals surface area (Å²) in [5.41, 5.74) is 5.18. The molecule has 2 aromatic carbocycles. The average Bonchev–Trinajstić information content (AvgIpc) is 2.55. The molecule has 0 radical (unpaired) electrons. The summed E-state index contributed by atoms with van der Waals surface area (Å²) < 4.78 is 52.4. The van der Waals surface area contributed by atoms with Crippen molar-refractivity contribution in [2.75, 3.05) is 5.32 Å². The second kappa shape index (κ2) is 7.65. The number of halogens is 4. The summed E-state index contributed by atoms with van der Waals surface area (Å²) >= 11 is 0. The van der Waals surface area contributed by atoms with Gasteiger partial charge in [-0.2, -0.15) is 13.2 Å². The number of rotatable bonds is 5. The van der Waals surface area contributed by atoms with Crippen LogP contribution in [0.1, 0.15) is 23.6 Å². The fourth-order valence-corrected chi connectivity index (χ4v) is 2.40. The number of amides is 1. The summed E-state index contributed by atoms with van der Waals surface area (Å²) in [7, 11) is 0. The van der Waals surface area contributed by atoms with Gasteiger partial charge in [0.1, 0.15) is 5.82 Å². The third-order valence-electron chi connectivity index (χ3n) is 3.75. The quantitative estimate of drug-likeness (QED) is 0.794. The Balaban J connectivity index is 2.15. The summed E-state index contributed by atoms with van der Waals surface area (Å²) in [6, 6.07) is 9.24. The number of nitrogens with two attached hydrogens (primary N) is 1. The van der Waals surface area contributed by atoms with Crippen LogP contribution in [0.2, 0.25) is 0 Å². The normalized spacial score (nSPS) is 12.7.